The third-order valence-corrected chi connectivity index (χ3v) is 3.60. The van der Waals surface area contributed by atoms with E-state index in [-0.39, 0.29) is 11.0 Å². The third-order valence-electron chi connectivity index (χ3n) is 2.07. The van der Waals surface area contributed by atoms with E-state index >= 15 is 0 Å². The molecule has 17 heavy (non-hydrogen) atoms. The molecule has 0 spiro atoms. The summed E-state index contributed by atoms with van der Waals surface area (Å²) < 4.78 is 0. The second kappa shape index (κ2) is 6.51. The number of nitrogens with one attached hydrogen (secondary N) is 1. The molecule has 0 aliphatic carbocycles. The first kappa shape index (κ1) is 13.9. The number of urea groups is 1. The van der Waals surface area contributed by atoms with E-state index in [0.29, 0.717) is 5.02 Å². The Morgan fingerprint density at radius 3 is 2.71 bits per heavy atom. The average Bonchev–Trinajstić information content (AvgIpc) is 2.25. The molecule has 1 atom stereocenters. The Balaban J connectivity index is 2.50. The highest BCUT2D eigenvalue weighted by Crippen LogP contribution is 2.32. The number of carbonyl (C=O) groups excluding carboxylic acids is 2. The van der Waals surface area contributed by atoms with Crippen LogP contribution in [-0.2, 0) is 4.79 Å². The van der Waals surface area contributed by atoms with Crippen molar-refractivity contribution in [2.24, 2.45) is 5.73 Å². The molecule has 1 aromatic carbocycles. The topological polar surface area (TPSA) is 72.2 Å². The Morgan fingerprint density at radius 2 is 2.12 bits per heavy atom. The van der Waals surface area contributed by atoms with E-state index in [1.54, 1.807) is 6.07 Å². The molecule has 3 amide bonds. The summed E-state index contributed by atoms with van der Waals surface area (Å²) in [5.41, 5.74) is 5.80. The first-order valence-electron chi connectivity index (χ1n) is 4.96. The summed E-state index contributed by atoms with van der Waals surface area (Å²) in [7, 11) is 0. The Labute approximate surface area is 109 Å². The van der Waals surface area contributed by atoms with Crippen LogP contribution in [0.1, 0.15) is 17.7 Å². The van der Waals surface area contributed by atoms with Gasteiger partial charge in [-0.05, 0) is 18.6 Å². The highest BCUT2D eigenvalue weighted by atomic mass is 35.5. The van der Waals surface area contributed by atoms with E-state index in [9.17, 15) is 9.59 Å². The van der Waals surface area contributed by atoms with Crippen molar-refractivity contribution in [2.75, 3.05) is 5.75 Å². The van der Waals surface area contributed by atoms with Crippen molar-refractivity contribution < 1.29 is 9.59 Å². The van der Waals surface area contributed by atoms with Crippen LogP contribution in [0.4, 0.5) is 4.79 Å². The number of imide groups is 1. The zero-order valence-corrected chi connectivity index (χ0v) is 10.8. The monoisotopic (exact) mass is 272 g/mol. The zero-order chi connectivity index (χ0) is 12.8. The Kier molecular flexibility index (Phi) is 5.31. The van der Waals surface area contributed by atoms with Crippen LogP contribution in [0.25, 0.3) is 0 Å². The van der Waals surface area contributed by atoms with Gasteiger partial charge in [0.1, 0.15) is 0 Å². The van der Waals surface area contributed by atoms with Crippen molar-refractivity contribution in [1.82, 2.24) is 5.32 Å². The normalized spacial score (nSPS) is 11.9. The fourth-order valence-electron chi connectivity index (χ4n) is 1.27. The minimum Gasteiger partial charge on any atom is -0.351 e. The first-order chi connectivity index (χ1) is 8.00. The summed E-state index contributed by atoms with van der Waals surface area (Å²) in [6.45, 7) is 1.95. The van der Waals surface area contributed by atoms with Crippen LogP contribution < -0.4 is 11.1 Å². The molecule has 0 saturated heterocycles. The number of carbonyl (C=O) groups is 2. The predicted molar refractivity (Wildman–Crippen MR) is 70.1 cm³/mol. The van der Waals surface area contributed by atoms with Crippen molar-refractivity contribution in [3.63, 3.8) is 0 Å². The van der Waals surface area contributed by atoms with Crippen molar-refractivity contribution in [1.29, 1.82) is 0 Å². The van der Waals surface area contributed by atoms with Gasteiger partial charge in [-0.3, -0.25) is 10.1 Å². The van der Waals surface area contributed by atoms with Gasteiger partial charge in [-0.15, -0.1) is 11.8 Å². The molecular weight excluding hydrogens is 260 g/mol. The van der Waals surface area contributed by atoms with Gasteiger partial charge in [0.25, 0.3) is 0 Å². The third kappa shape index (κ3) is 4.66. The number of primary amides is 1. The molecule has 4 nitrogen and oxygen atoms in total. The molecule has 0 unspecified atom stereocenters. The van der Waals surface area contributed by atoms with Crippen LogP contribution in [0.2, 0.25) is 5.02 Å². The van der Waals surface area contributed by atoms with E-state index < -0.39 is 11.9 Å². The molecule has 0 aliphatic rings. The summed E-state index contributed by atoms with van der Waals surface area (Å²) in [4.78, 5) is 21.6. The van der Waals surface area contributed by atoms with E-state index in [1.165, 1.54) is 11.8 Å². The smallest absolute Gasteiger partial charge is 0.318 e. The van der Waals surface area contributed by atoms with Crippen LogP contribution in [0, 0.1) is 0 Å². The molecule has 0 heterocycles. The van der Waals surface area contributed by atoms with Crippen LogP contribution in [0.3, 0.4) is 0 Å². The van der Waals surface area contributed by atoms with Crippen LogP contribution in [0.15, 0.2) is 24.3 Å². The lowest BCUT2D eigenvalue weighted by Gasteiger charge is -2.12. The maximum absolute atomic E-state index is 11.2. The molecule has 0 bridgehead atoms. The molecule has 3 N–H and O–H groups in total. The number of nitrogens with two attached hydrogens (primary N) is 1. The molecule has 0 aliphatic heterocycles. The summed E-state index contributed by atoms with van der Waals surface area (Å²) >= 11 is 7.42. The molecule has 92 valence electrons. The SMILES string of the molecule is C[C@@H](SCC(=O)NC(N)=O)c1ccccc1Cl. The number of rotatable bonds is 4. The quantitative estimate of drug-likeness (QED) is 0.884. The van der Waals surface area contributed by atoms with Crippen LogP contribution in [0.5, 0.6) is 0 Å². The fraction of sp³-hybridized carbons (Fsp3) is 0.273. The molecule has 1 rings (SSSR count). The lowest BCUT2D eigenvalue weighted by atomic mass is 10.2. The van der Waals surface area contributed by atoms with E-state index in [4.69, 9.17) is 17.3 Å². The average molecular weight is 273 g/mol. The lowest BCUT2D eigenvalue weighted by Crippen LogP contribution is -2.36. The molecule has 6 heteroatoms. The summed E-state index contributed by atoms with van der Waals surface area (Å²) in [6, 6.07) is 6.62. The molecule has 0 saturated carbocycles. The number of thioether (sulfide) groups is 1. The van der Waals surface area contributed by atoms with Crippen molar-refractivity contribution in [2.45, 2.75) is 12.2 Å². The van der Waals surface area contributed by atoms with Gasteiger partial charge in [0.05, 0.1) is 5.75 Å². The van der Waals surface area contributed by atoms with Crippen LogP contribution >= 0.6 is 23.4 Å². The van der Waals surface area contributed by atoms with Gasteiger partial charge in [-0.2, -0.15) is 0 Å². The Bertz CT molecular complexity index is 426. The van der Waals surface area contributed by atoms with Crippen molar-refractivity contribution in [3.8, 4) is 0 Å². The fourth-order valence-corrected chi connectivity index (χ4v) is 2.49. The number of halogens is 1. The van der Waals surface area contributed by atoms with Gasteiger partial charge in [0.2, 0.25) is 5.91 Å². The van der Waals surface area contributed by atoms with E-state index in [2.05, 4.69) is 0 Å². The second-order valence-electron chi connectivity index (χ2n) is 3.39. The molecular formula is C11H13ClN2O2S. The molecule has 0 radical (unpaired) electrons. The van der Waals surface area contributed by atoms with Gasteiger partial charge in [-0.1, -0.05) is 29.8 Å². The number of amides is 3. The minimum atomic E-state index is -0.832. The van der Waals surface area contributed by atoms with Gasteiger partial charge >= 0.3 is 6.03 Å². The van der Waals surface area contributed by atoms with Crippen molar-refractivity contribution in [3.05, 3.63) is 34.9 Å². The highest BCUT2D eigenvalue weighted by Gasteiger charge is 2.12. The van der Waals surface area contributed by atoms with Gasteiger partial charge in [0.15, 0.2) is 0 Å². The lowest BCUT2D eigenvalue weighted by molar-refractivity contribution is -0.117. The summed E-state index contributed by atoms with van der Waals surface area (Å²) in [5, 5.41) is 2.75. The standard InChI is InChI=1S/C11H13ClN2O2S/c1-7(8-4-2-3-5-9(8)12)17-6-10(15)14-11(13)16/h2-5,7H,6H2,1H3,(H3,13,14,15,16)/t7-/m1/s1. The maximum atomic E-state index is 11.2. The summed E-state index contributed by atoms with van der Waals surface area (Å²) in [5.74, 6) is -0.239. The van der Waals surface area contributed by atoms with Gasteiger partial charge in [0, 0.05) is 10.3 Å². The van der Waals surface area contributed by atoms with E-state index in [1.807, 2.05) is 30.4 Å². The second-order valence-corrected chi connectivity index (χ2v) is 5.12. The maximum Gasteiger partial charge on any atom is 0.318 e. The number of hydrogen-bond acceptors (Lipinski definition) is 3. The van der Waals surface area contributed by atoms with E-state index in [0.717, 1.165) is 5.56 Å². The minimum absolute atomic E-state index is 0.0716. The van der Waals surface area contributed by atoms with Crippen molar-refractivity contribution >= 4 is 35.3 Å². The largest absolute Gasteiger partial charge is 0.351 e. The highest BCUT2D eigenvalue weighted by molar-refractivity contribution is 8.00. The first-order valence-corrected chi connectivity index (χ1v) is 6.38. The molecule has 1 aromatic rings. The molecule has 0 fully saturated rings. The molecule has 0 aromatic heterocycles. The zero-order valence-electron chi connectivity index (χ0n) is 9.27. The predicted octanol–water partition coefficient (Wildman–Crippen LogP) is 2.33. The van der Waals surface area contributed by atoms with Gasteiger partial charge < -0.3 is 5.73 Å². The summed E-state index contributed by atoms with van der Waals surface area (Å²) in [6.07, 6.45) is 0. The van der Waals surface area contributed by atoms with Gasteiger partial charge in [-0.25, -0.2) is 4.79 Å². The number of benzene rings is 1. The Hall–Kier alpha value is -1.20. The Morgan fingerprint density at radius 1 is 1.47 bits per heavy atom. The van der Waals surface area contributed by atoms with Crippen LogP contribution in [-0.4, -0.2) is 17.7 Å². The number of hydrogen-bond donors (Lipinski definition) is 2.